The number of nitrogens with one attached hydrogen (secondary N) is 1. The Kier molecular flexibility index (Phi) is 4.48. The standard InChI is InChI=1S/C22H23N3O/c1-17-7-5-10-19(15-17)23-22(26)25-14-13-24-12-6-11-20(24)21(25)16-18-8-3-2-4-9-18/h2-12,15,21H,13-14,16H2,1H3,(H,23,26)/t21-/m0/s1. The number of benzene rings is 2. The number of hydrogen-bond acceptors (Lipinski definition) is 1. The van der Waals surface area contributed by atoms with E-state index < -0.39 is 0 Å². The van der Waals surface area contributed by atoms with Crippen molar-refractivity contribution in [3.05, 3.63) is 89.7 Å². The van der Waals surface area contributed by atoms with Gasteiger partial charge in [0.15, 0.2) is 0 Å². The zero-order valence-electron chi connectivity index (χ0n) is 14.9. The number of fused-ring (bicyclic) bond motifs is 1. The summed E-state index contributed by atoms with van der Waals surface area (Å²) in [6.45, 7) is 3.56. The van der Waals surface area contributed by atoms with E-state index in [0.29, 0.717) is 6.54 Å². The Balaban J connectivity index is 1.60. The van der Waals surface area contributed by atoms with Crippen molar-refractivity contribution in [3.8, 4) is 0 Å². The number of urea groups is 1. The van der Waals surface area contributed by atoms with E-state index in [1.165, 1.54) is 11.3 Å². The van der Waals surface area contributed by atoms with Crippen LogP contribution in [0.3, 0.4) is 0 Å². The molecule has 1 atom stereocenters. The summed E-state index contributed by atoms with van der Waals surface area (Å²) in [4.78, 5) is 15.0. The van der Waals surface area contributed by atoms with Gasteiger partial charge < -0.3 is 14.8 Å². The summed E-state index contributed by atoms with van der Waals surface area (Å²) in [6.07, 6.45) is 2.91. The average Bonchev–Trinajstić information content (AvgIpc) is 3.12. The molecule has 1 N–H and O–H groups in total. The molecule has 0 unspecified atom stereocenters. The third-order valence-electron chi connectivity index (χ3n) is 4.97. The van der Waals surface area contributed by atoms with Crippen LogP contribution in [0.15, 0.2) is 72.9 Å². The van der Waals surface area contributed by atoms with E-state index in [1.54, 1.807) is 0 Å². The quantitative estimate of drug-likeness (QED) is 0.738. The maximum atomic E-state index is 13.0. The summed E-state index contributed by atoms with van der Waals surface area (Å²) in [5.74, 6) is 0. The van der Waals surface area contributed by atoms with Gasteiger partial charge in [0, 0.05) is 30.7 Å². The summed E-state index contributed by atoms with van der Waals surface area (Å²) in [5.41, 5.74) is 4.41. The molecule has 2 amide bonds. The van der Waals surface area contributed by atoms with Gasteiger partial charge in [-0.25, -0.2) is 4.79 Å². The predicted molar refractivity (Wildman–Crippen MR) is 104 cm³/mol. The minimum atomic E-state index is -0.0380. The Labute approximate surface area is 154 Å². The van der Waals surface area contributed by atoms with Crippen LogP contribution in [0.2, 0.25) is 0 Å². The highest BCUT2D eigenvalue weighted by atomic mass is 16.2. The minimum Gasteiger partial charge on any atom is -0.348 e. The molecule has 4 nitrogen and oxygen atoms in total. The summed E-state index contributed by atoms with van der Waals surface area (Å²) < 4.78 is 2.25. The Hall–Kier alpha value is -3.01. The van der Waals surface area contributed by atoms with Gasteiger partial charge in [0.2, 0.25) is 0 Å². The summed E-state index contributed by atoms with van der Waals surface area (Å²) in [7, 11) is 0. The fourth-order valence-corrected chi connectivity index (χ4v) is 3.68. The first kappa shape index (κ1) is 16.5. The van der Waals surface area contributed by atoms with Crippen molar-refractivity contribution >= 4 is 11.7 Å². The fourth-order valence-electron chi connectivity index (χ4n) is 3.68. The molecule has 1 aliphatic rings. The molecule has 4 rings (SSSR count). The molecular formula is C22H23N3O. The lowest BCUT2D eigenvalue weighted by Gasteiger charge is -2.37. The van der Waals surface area contributed by atoms with Crippen LogP contribution >= 0.6 is 0 Å². The molecule has 26 heavy (non-hydrogen) atoms. The Bertz CT molecular complexity index is 901. The van der Waals surface area contributed by atoms with Crippen LogP contribution in [-0.4, -0.2) is 22.0 Å². The van der Waals surface area contributed by atoms with E-state index in [1.807, 2.05) is 54.3 Å². The normalized spacial score (nSPS) is 16.2. The second-order valence-electron chi connectivity index (χ2n) is 6.82. The van der Waals surface area contributed by atoms with Crippen molar-refractivity contribution in [2.75, 3.05) is 11.9 Å². The smallest absolute Gasteiger partial charge is 0.322 e. The zero-order valence-corrected chi connectivity index (χ0v) is 14.9. The number of rotatable bonds is 3. The van der Waals surface area contributed by atoms with Crippen LogP contribution in [-0.2, 0) is 13.0 Å². The second-order valence-corrected chi connectivity index (χ2v) is 6.82. The van der Waals surface area contributed by atoms with Gasteiger partial charge in [-0.15, -0.1) is 0 Å². The molecule has 4 heteroatoms. The first-order chi connectivity index (χ1) is 12.7. The molecule has 1 aliphatic heterocycles. The molecule has 0 saturated carbocycles. The van der Waals surface area contributed by atoms with Gasteiger partial charge in [0.1, 0.15) is 0 Å². The van der Waals surface area contributed by atoms with Crippen LogP contribution in [0.25, 0.3) is 0 Å². The van der Waals surface area contributed by atoms with Crippen LogP contribution in [0, 0.1) is 6.92 Å². The lowest BCUT2D eigenvalue weighted by molar-refractivity contribution is 0.167. The highest BCUT2D eigenvalue weighted by molar-refractivity contribution is 5.89. The Morgan fingerprint density at radius 2 is 1.88 bits per heavy atom. The number of aromatic nitrogens is 1. The average molecular weight is 345 g/mol. The van der Waals surface area contributed by atoms with Gasteiger partial charge in [-0.2, -0.15) is 0 Å². The monoisotopic (exact) mass is 345 g/mol. The molecule has 132 valence electrons. The highest BCUT2D eigenvalue weighted by Crippen LogP contribution is 2.30. The number of carbonyl (C=O) groups is 1. The van der Waals surface area contributed by atoms with Gasteiger partial charge in [0.25, 0.3) is 0 Å². The molecule has 3 aromatic rings. The first-order valence-electron chi connectivity index (χ1n) is 9.04. The fraction of sp³-hybridized carbons (Fsp3) is 0.227. The summed E-state index contributed by atoms with van der Waals surface area (Å²) >= 11 is 0. The Morgan fingerprint density at radius 3 is 2.69 bits per heavy atom. The van der Waals surface area contributed by atoms with Crippen LogP contribution in [0.5, 0.6) is 0 Å². The number of anilines is 1. The molecule has 1 aromatic heterocycles. The summed E-state index contributed by atoms with van der Waals surface area (Å²) in [5, 5.41) is 3.07. The minimum absolute atomic E-state index is 0.0333. The van der Waals surface area contributed by atoms with E-state index >= 15 is 0 Å². The van der Waals surface area contributed by atoms with E-state index in [0.717, 1.165) is 24.2 Å². The molecule has 0 aliphatic carbocycles. The van der Waals surface area contributed by atoms with Gasteiger partial charge >= 0.3 is 6.03 Å². The molecular weight excluding hydrogens is 322 g/mol. The van der Waals surface area contributed by atoms with Crippen molar-refractivity contribution in [1.82, 2.24) is 9.47 Å². The molecule has 0 bridgehead atoms. The number of amides is 2. The molecule has 2 heterocycles. The summed E-state index contributed by atoms with van der Waals surface area (Å²) in [6, 6.07) is 22.5. The third-order valence-corrected chi connectivity index (χ3v) is 4.97. The van der Waals surface area contributed by atoms with Gasteiger partial charge in [-0.1, -0.05) is 42.5 Å². The topological polar surface area (TPSA) is 37.3 Å². The SMILES string of the molecule is Cc1cccc(NC(=O)N2CCn3cccc3[C@@H]2Cc2ccccc2)c1. The van der Waals surface area contributed by atoms with Crippen LogP contribution in [0.1, 0.15) is 22.9 Å². The predicted octanol–water partition coefficient (Wildman–Crippen LogP) is 4.63. The molecule has 0 fully saturated rings. The van der Waals surface area contributed by atoms with E-state index in [2.05, 4.69) is 40.3 Å². The van der Waals surface area contributed by atoms with Crippen molar-refractivity contribution in [3.63, 3.8) is 0 Å². The molecule has 0 saturated heterocycles. The van der Waals surface area contributed by atoms with Crippen molar-refractivity contribution < 1.29 is 4.79 Å². The lowest BCUT2D eigenvalue weighted by Crippen LogP contribution is -2.44. The van der Waals surface area contributed by atoms with Gasteiger partial charge in [-0.3, -0.25) is 0 Å². The van der Waals surface area contributed by atoms with Crippen LogP contribution < -0.4 is 5.32 Å². The van der Waals surface area contributed by atoms with Gasteiger partial charge in [-0.05, 0) is 48.7 Å². The Morgan fingerprint density at radius 1 is 1.04 bits per heavy atom. The van der Waals surface area contributed by atoms with E-state index in [4.69, 9.17) is 0 Å². The lowest BCUT2D eigenvalue weighted by atomic mass is 10.0. The molecule has 0 spiro atoms. The number of hydrogen-bond donors (Lipinski definition) is 1. The number of nitrogens with zero attached hydrogens (tertiary/aromatic N) is 2. The first-order valence-corrected chi connectivity index (χ1v) is 9.04. The highest BCUT2D eigenvalue weighted by Gasteiger charge is 2.31. The van der Waals surface area contributed by atoms with Crippen molar-refractivity contribution in [2.45, 2.75) is 25.9 Å². The third kappa shape index (κ3) is 3.36. The zero-order chi connectivity index (χ0) is 17.9. The second kappa shape index (κ2) is 7.08. The van der Waals surface area contributed by atoms with E-state index in [-0.39, 0.29) is 12.1 Å². The van der Waals surface area contributed by atoms with E-state index in [9.17, 15) is 4.79 Å². The maximum Gasteiger partial charge on any atom is 0.322 e. The molecule has 2 aromatic carbocycles. The largest absolute Gasteiger partial charge is 0.348 e. The molecule has 0 radical (unpaired) electrons. The van der Waals surface area contributed by atoms with Crippen molar-refractivity contribution in [1.29, 1.82) is 0 Å². The number of carbonyl (C=O) groups excluding carboxylic acids is 1. The van der Waals surface area contributed by atoms with Crippen LogP contribution in [0.4, 0.5) is 10.5 Å². The number of aryl methyl sites for hydroxylation is 1. The van der Waals surface area contributed by atoms with Crippen molar-refractivity contribution in [2.24, 2.45) is 0 Å². The van der Waals surface area contributed by atoms with Gasteiger partial charge in [0.05, 0.1) is 6.04 Å². The maximum absolute atomic E-state index is 13.0.